The molecule has 1 unspecified atom stereocenters. The van der Waals surface area contributed by atoms with Crippen LogP contribution in [-0.4, -0.2) is 11.1 Å². The maximum atomic E-state index is 12.9. The van der Waals surface area contributed by atoms with Crippen molar-refractivity contribution >= 4 is 18.6 Å². The summed E-state index contributed by atoms with van der Waals surface area (Å²) in [7, 11) is 0. The molecule has 1 atom stereocenters. The summed E-state index contributed by atoms with van der Waals surface area (Å²) >= 11 is 4.09. The van der Waals surface area contributed by atoms with Crippen molar-refractivity contribution in [1.82, 2.24) is 0 Å². The molecule has 0 aliphatic rings. The summed E-state index contributed by atoms with van der Waals surface area (Å²) in [6.45, 7) is 1.75. The monoisotopic (exact) mass is 200 g/mol. The molecule has 1 aromatic rings. The highest BCUT2D eigenvalue weighted by Gasteiger charge is 2.08. The molecule has 0 bridgehead atoms. The number of aromatic carboxylic acids is 1. The van der Waals surface area contributed by atoms with E-state index in [1.807, 2.05) is 0 Å². The van der Waals surface area contributed by atoms with Crippen LogP contribution in [0.25, 0.3) is 0 Å². The molecule has 13 heavy (non-hydrogen) atoms. The Kier molecular flexibility index (Phi) is 2.93. The Bertz CT molecular complexity index is 336. The van der Waals surface area contributed by atoms with Gasteiger partial charge in [-0.1, -0.05) is 0 Å². The zero-order valence-electron chi connectivity index (χ0n) is 6.99. The summed E-state index contributed by atoms with van der Waals surface area (Å²) in [6.07, 6.45) is 0. The van der Waals surface area contributed by atoms with Crippen molar-refractivity contribution in [2.24, 2.45) is 0 Å². The first-order chi connectivity index (χ1) is 6.00. The van der Waals surface area contributed by atoms with Crippen LogP contribution in [0.4, 0.5) is 4.39 Å². The second-order valence-electron chi connectivity index (χ2n) is 2.75. The topological polar surface area (TPSA) is 37.3 Å². The Balaban J connectivity index is 3.19. The van der Waals surface area contributed by atoms with Crippen LogP contribution in [0.1, 0.15) is 28.1 Å². The smallest absolute Gasteiger partial charge is 0.335 e. The average Bonchev–Trinajstić information content (AvgIpc) is 2.03. The van der Waals surface area contributed by atoms with Crippen molar-refractivity contribution < 1.29 is 14.3 Å². The minimum atomic E-state index is -1.13. The van der Waals surface area contributed by atoms with Crippen LogP contribution in [0.2, 0.25) is 0 Å². The van der Waals surface area contributed by atoms with Crippen LogP contribution in [-0.2, 0) is 0 Å². The van der Waals surface area contributed by atoms with E-state index in [0.717, 1.165) is 6.07 Å². The number of benzene rings is 1. The predicted molar refractivity (Wildman–Crippen MR) is 50.8 cm³/mol. The maximum absolute atomic E-state index is 12.9. The fourth-order valence-corrected chi connectivity index (χ4v) is 1.13. The van der Waals surface area contributed by atoms with Crippen LogP contribution in [0, 0.1) is 5.82 Å². The first-order valence-corrected chi connectivity index (χ1v) is 4.24. The van der Waals surface area contributed by atoms with Gasteiger partial charge < -0.3 is 5.11 Å². The van der Waals surface area contributed by atoms with Crippen LogP contribution < -0.4 is 0 Å². The van der Waals surface area contributed by atoms with Gasteiger partial charge in [-0.15, -0.1) is 0 Å². The first kappa shape index (κ1) is 10.1. The molecule has 1 aromatic carbocycles. The van der Waals surface area contributed by atoms with Crippen molar-refractivity contribution in [1.29, 1.82) is 0 Å². The summed E-state index contributed by atoms with van der Waals surface area (Å²) in [6, 6.07) is 3.69. The van der Waals surface area contributed by atoms with Gasteiger partial charge in [-0.05, 0) is 30.7 Å². The number of carbonyl (C=O) groups is 1. The number of hydrogen-bond donors (Lipinski definition) is 2. The molecule has 0 spiro atoms. The fourth-order valence-electron chi connectivity index (χ4n) is 0.977. The molecule has 0 aliphatic carbocycles. The van der Waals surface area contributed by atoms with E-state index in [2.05, 4.69) is 12.6 Å². The molecule has 70 valence electrons. The molecule has 1 rings (SSSR count). The number of thiol groups is 1. The lowest BCUT2D eigenvalue weighted by atomic mass is 10.1. The van der Waals surface area contributed by atoms with E-state index in [9.17, 15) is 9.18 Å². The lowest BCUT2D eigenvalue weighted by Crippen LogP contribution is -1.99. The Morgan fingerprint density at radius 2 is 2.15 bits per heavy atom. The van der Waals surface area contributed by atoms with Crippen LogP contribution in [0.5, 0.6) is 0 Å². The quantitative estimate of drug-likeness (QED) is 0.720. The second-order valence-corrected chi connectivity index (χ2v) is 3.53. The highest BCUT2D eigenvalue weighted by atomic mass is 32.1. The Hall–Kier alpha value is -1.03. The van der Waals surface area contributed by atoms with Crippen LogP contribution in [0.15, 0.2) is 18.2 Å². The van der Waals surface area contributed by atoms with Crippen LogP contribution in [0.3, 0.4) is 0 Å². The lowest BCUT2D eigenvalue weighted by molar-refractivity contribution is 0.0696. The molecule has 1 N–H and O–H groups in total. The summed E-state index contributed by atoms with van der Waals surface area (Å²) in [5, 5.41) is 8.45. The Morgan fingerprint density at radius 1 is 1.54 bits per heavy atom. The molecule has 0 aromatic heterocycles. The van der Waals surface area contributed by atoms with Crippen molar-refractivity contribution in [2.45, 2.75) is 12.2 Å². The molecule has 0 fully saturated rings. The minimum Gasteiger partial charge on any atom is -0.478 e. The van der Waals surface area contributed by atoms with Gasteiger partial charge in [-0.25, -0.2) is 9.18 Å². The zero-order valence-corrected chi connectivity index (χ0v) is 7.88. The Morgan fingerprint density at radius 3 is 2.62 bits per heavy atom. The van der Waals surface area contributed by atoms with Gasteiger partial charge in [0.05, 0.1) is 5.56 Å². The van der Waals surface area contributed by atoms with Crippen LogP contribution >= 0.6 is 12.6 Å². The second kappa shape index (κ2) is 3.79. The van der Waals surface area contributed by atoms with E-state index in [0.29, 0.717) is 5.56 Å². The largest absolute Gasteiger partial charge is 0.478 e. The van der Waals surface area contributed by atoms with E-state index in [1.165, 1.54) is 12.1 Å². The van der Waals surface area contributed by atoms with Gasteiger partial charge in [0, 0.05) is 5.25 Å². The van der Waals surface area contributed by atoms with Crippen molar-refractivity contribution in [3.63, 3.8) is 0 Å². The van der Waals surface area contributed by atoms with Crippen molar-refractivity contribution in [3.05, 3.63) is 35.1 Å². The van der Waals surface area contributed by atoms with E-state index >= 15 is 0 Å². The highest BCUT2D eigenvalue weighted by molar-refractivity contribution is 7.80. The summed E-state index contributed by atoms with van der Waals surface area (Å²) in [4.78, 5) is 10.5. The lowest BCUT2D eigenvalue weighted by Gasteiger charge is -2.05. The third-order valence-electron chi connectivity index (χ3n) is 1.65. The predicted octanol–water partition coefficient (Wildman–Crippen LogP) is 2.51. The van der Waals surface area contributed by atoms with E-state index in [4.69, 9.17) is 5.11 Å². The van der Waals surface area contributed by atoms with E-state index in [-0.39, 0.29) is 10.8 Å². The molecule has 0 amide bonds. The molecule has 0 radical (unpaired) electrons. The number of carboxylic acid groups (broad SMARTS) is 1. The molecule has 2 nitrogen and oxygen atoms in total. The standard InChI is InChI=1S/C9H9FO2S/c1-5(13)6-2-7(9(11)12)4-8(10)3-6/h2-5,13H,1H3,(H,11,12). The molecule has 0 aliphatic heterocycles. The average molecular weight is 200 g/mol. The van der Waals surface area contributed by atoms with E-state index in [1.54, 1.807) is 6.92 Å². The fraction of sp³-hybridized carbons (Fsp3) is 0.222. The molecule has 4 heteroatoms. The molecule has 0 saturated carbocycles. The van der Waals surface area contributed by atoms with Gasteiger partial charge in [0.2, 0.25) is 0 Å². The van der Waals surface area contributed by atoms with Gasteiger partial charge in [0.15, 0.2) is 0 Å². The molecule has 0 heterocycles. The van der Waals surface area contributed by atoms with Gasteiger partial charge in [0.1, 0.15) is 5.82 Å². The maximum Gasteiger partial charge on any atom is 0.335 e. The third-order valence-corrected chi connectivity index (χ3v) is 1.95. The normalized spacial score (nSPS) is 12.5. The molecular formula is C9H9FO2S. The van der Waals surface area contributed by atoms with Gasteiger partial charge >= 0.3 is 5.97 Å². The van der Waals surface area contributed by atoms with E-state index < -0.39 is 11.8 Å². The molecular weight excluding hydrogens is 191 g/mol. The van der Waals surface area contributed by atoms with Crippen molar-refractivity contribution in [3.8, 4) is 0 Å². The number of hydrogen-bond acceptors (Lipinski definition) is 2. The number of halogens is 1. The summed E-state index contributed by atoms with van der Waals surface area (Å²) in [5.41, 5.74) is 0.525. The Labute approximate surface area is 80.8 Å². The minimum absolute atomic E-state index is 0.0455. The number of rotatable bonds is 2. The first-order valence-electron chi connectivity index (χ1n) is 3.72. The third kappa shape index (κ3) is 2.45. The number of carboxylic acids is 1. The van der Waals surface area contributed by atoms with Gasteiger partial charge in [0.25, 0.3) is 0 Å². The highest BCUT2D eigenvalue weighted by Crippen LogP contribution is 2.21. The zero-order chi connectivity index (χ0) is 10.0. The SMILES string of the molecule is CC(S)c1cc(F)cc(C(=O)O)c1. The molecule has 0 saturated heterocycles. The van der Waals surface area contributed by atoms with Gasteiger partial charge in [-0.3, -0.25) is 0 Å². The van der Waals surface area contributed by atoms with Gasteiger partial charge in [-0.2, -0.15) is 12.6 Å². The summed E-state index contributed by atoms with van der Waals surface area (Å²) in [5.74, 6) is -1.68. The van der Waals surface area contributed by atoms with Crippen molar-refractivity contribution in [2.75, 3.05) is 0 Å². The summed E-state index contributed by atoms with van der Waals surface area (Å²) < 4.78 is 12.9.